The summed E-state index contributed by atoms with van der Waals surface area (Å²) in [7, 11) is 1.88. The summed E-state index contributed by atoms with van der Waals surface area (Å²) < 4.78 is 1.88. The molecule has 1 aromatic carbocycles. The highest BCUT2D eigenvalue weighted by atomic mass is 16.5. The number of ketones is 1. The highest BCUT2D eigenvalue weighted by molar-refractivity contribution is 6.12. The van der Waals surface area contributed by atoms with Gasteiger partial charge in [-0.3, -0.25) is 4.79 Å². The van der Waals surface area contributed by atoms with Gasteiger partial charge in [-0.1, -0.05) is 12.1 Å². The molecule has 2 atom stereocenters. The lowest BCUT2D eigenvalue weighted by atomic mass is 9.81. The first kappa shape index (κ1) is 14.5. The molecule has 6 nitrogen and oxygen atoms in total. The first-order chi connectivity index (χ1) is 12.1. The minimum atomic E-state index is -0.275. The van der Waals surface area contributed by atoms with E-state index in [1.807, 2.05) is 36.1 Å². The van der Waals surface area contributed by atoms with Crippen molar-refractivity contribution in [2.45, 2.75) is 12.5 Å². The van der Waals surface area contributed by atoms with Crippen molar-refractivity contribution in [3.8, 4) is 16.9 Å². The Balaban J connectivity index is 1.78. The van der Waals surface area contributed by atoms with Gasteiger partial charge < -0.3 is 14.7 Å². The Labute approximate surface area is 143 Å². The van der Waals surface area contributed by atoms with Gasteiger partial charge in [-0.2, -0.15) is 5.06 Å². The number of rotatable bonds is 1. The Hall–Kier alpha value is -2.83. The number of carbonyl (C=O) groups excluding carboxylic acids is 1. The van der Waals surface area contributed by atoms with E-state index in [9.17, 15) is 15.1 Å². The minimum absolute atomic E-state index is 0.0327. The SMILES string of the molecule is Cn1cc2c3c1C(=O)c1[nH]cc(-c4ccc(O)cc4)c1C3[NH+](O)CC2. The lowest BCUT2D eigenvalue weighted by Crippen LogP contribution is -3.11. The zero-order valence-corrected chi connectivity index (χ0v) is 13.7. The average Bonchev–Trinajstić information content (AvgIpc) is 3.17. The van der Waals surface area contributed by atoms with Crippen LogP contribution in [0.3, 0.4) is 0 Å². The molecule has 0 saturated carbocycles. The van der Waals surface area contributed by atoms with Gasteiger partial charge in [0.05, 0.1) is 11.3 Å². The summed E-state index contributed by atoms with van der Waals surface area (Å²) in [5.74, 6) is 0.165. The summed E-state index contributed by atoms with van der Waals surface area (Å²) in [6, 6.07) is 6.63. The molecule has 0 saturated heterocycles. The van der Waals surface area contributed by atoms with E-state index in [-0.39, 0.29) is 17.6 Å². The molecule has 6 heteroatoms. The standard InChI is InChI=1S/C19H17N3O3/c1-21-9-11-6-7-22(25)17-14(11)18(21)19(24)16-15(17)13(8-20-16)10-2-4-12(23)5-3-10/h2-5,8-9,17,20,23,25H,6-7H2,1H3/p+1. The van der Waals surface area contributed by atoms with Crippen LogP contribution in [0.1, 0.15) is 38.9 Å². The van der Waals surface area contributed by atoms with Gasteiger partial charge in [-0.05, 0) is 23.3 Å². The van der Waals surface area contributed by atoms with Crippen molar-refractivity contribution >= 4 is 5.78 Å². The van der Waals surface area contributed by atoms with E-state index in [1.54, 1.807) is 12.1 Å². The van der Waals surface area contributed by atoms with Crippen LogP contribution in [0.15, 0.2) is 36.7 Å². The third kappa shape index (κ3) is 1.83. The Morgan fingerprint density at radius 3 is 2.76 bits per heavy atom. The van der Waals surface area contributed by atoms with E-state index in [2.05, 4.69) is 4.98 Å². The zero-order chi connectivity index (χ0) is 17.3. The van der Waals surface area contributed by atoms with Gasteiger partial charge >= 0.3 is 0 Å². The first-order valence-corrected chi connectivity index (χ1v) is 8.34. The maximum Gasteiger partial charge on any atom is 0.226 e. The van der Waals surface area contributed by atoms with Crippen molar-refractivity contribution in [2.75, 3.05) is 6.54 Å². The fourth-order valence-corrected chi connectivity index (χ4v) is 4.32. The number of aromatic hydroxyl groups is 1. The smallest absolute Gasteiger partial charge is 0.226 e. The number of nitrogens with zero attached hydrogens (tertiary/aromatic N) is 1. The lowest BCUT2D eigenvalue weighted by molar-refractivity contribution is -1.11. The summed E-state index contributed by atoms with van der Waals surface area (Å²) in [5.41, 5.74) is 5.93. The number of phenolic OH excluding ortho intramolecular Hbond substituents is 1. The van der Waals surface area contributed by atoms with Crippen LogP contribution in [-0.2, 0) is 13.5 Å². The predicted octanol–water partition coefficient (Wildman–Crippen LogP) is 1.19. The monoisotopic (exact) mass is 336 g/mol. The number of benzene rings is 1. The number of hydrogen-bond acceptors (Lipinski definition) is 3. The number of hydroxylamine groups is 2. The summed E-state index contributed by atoms with van der Waals surface area (Å²) in [6.07, 6.45) is 4.59. The molecule has 4 N–H and O–H groups in total. The van der Waals surface area contributed by atoms with Crippen molar-refractivity contribution in [1.29, 1.82) is 0 Å². The molecule has 126 valence electrons. The second-order valence-corrected chi connectivity index (χ2v) is 6.82. The topological polar surface area (TPSA) is 82.7 Å². The molecule has 25 heavy (non-hydrogen) atoms. The number of nitrogens with one attached hydrogen (secondary N) is 2. The molecule has 3 heterocycles. The highest BCUT2D eigenvalue weighted by Gasteiger charge is 2.46. The van der Waals surface area contributed by atoms with Crippen LogP contribution in [-0.4, -0.2) is 32.2 Å². The van der Waals surface area contributed by atoms with Gasteiger partial charge in [-0.15, -0.1) is 0 Å². The van der Waals surface area contributed by atoms with Gasteiger partial charge in [0.15, 0.2) is 6.04 Å². The number of aromatic nitrogens is 2. The van der Waals surface area contributed by atoms with Crippen LogP contribution < -0.4 is 5.06 Å². The first-order valence-electron chi connectivity index (χ1n) is 8.34. The largest absolute Gasteiger partial charge is 0.508 e. The second kappa shape index (κ2) is 4.84. The van der Waals surface area contributed by atoms with E-state index in [1.165, 1.54) is 0 Å². The number of phenols is 1. The fraction of sp³-hybridized carbons (Fsp3) is 0.211. The van der Waals surface area contributed by atoms with E-state index < -0.39 is 0 Å². The molecular formula is C19H18N3O3+. The van der Waals surface area contributed by atoms with Crippen molar-refractivity contribution in [3.05, 3.63) is 64.7 Å². The zero-order valence-electron chi connectivity index (χ0n) is 13.7. The number of hydrogen-bond donors (Lipinski definition) is 4. The molecule has 5 rings (SSSR count). The van der Waals surface area contributed by atoms with Crippen LogP contribution in [0.25, 0.3) is 11.1 Å². The fourth-order valence-electron chi connectivity index (χ4n) is 4.32. The molecule has 0 bridgehead atoms. The van der Waals surface area contributed by atoms with Crippen molar-refractivity contribution in [1.82, 2.24) is 9.55 Å². The molecule has 1 aliphatic carbocycles. The quantitative estimate of drug-likeness (QED) is 0.539. The van der Waals surface area contributed by atoms with Crippen LogP contribution in [0.2, 0.25) is 0 Å². The van der Waals surface area contributed by atoms with E-state index in [0.717, 1.165) is 34.2 Å². The van der Waals surface area contributed by atoms with Crippen LogP contribution in [0.4, 0.5) is 0 Å². The number of H-pyrrole nitrogens is 1. The van der Waals surface area contributed by atoms with Gasteiger partial charge in [0, 0.05) is 37.0 Å². The summed E-state index contributed by atoms with van der Waals surface area (Å²) in [5, 5.41) is 20.6. The molecule has 0 fully saturated rings. The predicted molar refractivity (Wildman–Crippen MR) is 89.9 cm³/mol. The molecule has 2 unspecified atom stereocenters. The molecule has 1 aliphatic heterocycles. The van der Waals surface area contributed by atoms with Gasteiger partial charge in [-0.25, -0.2) is 5.21 Å². The van der Waals surface area contributed by atoms with E-state index in [4.69, 9.17) is 0 Å². The average molecular weight is 336 g/mol. The third-order valence-corrected chi connectivity index (χ3v) is 5.41. The lowest BCUT2D eigenvalue weighted by Gasteiger charge is -2.31. The number of quaternary nitrogens is 1. The second-order valence-electron chi connectivity index (χ2n) is 6.82. The Morgan fingerprint density at radius 1 is 1.24 bits per heavy atom. The molecule has 2 aliphatic rings. The summed E-state index contributed by atoms with van der Waals surface area (Å²) >= 11 is 0. The minimum Gasteiger partial charge on any atom is -0.508 e. The number of fused-ring (bicyclic) bond motifs is 2. The van der Waals surface area contributed by atoms with E-state index in [0.29, 0.717) is 23.0 Å². The summed E-state index contributed by atoms with van der Waals surface area (Å²) in [6.45, 7) is 0.606. The molecule has 3 aromatic rings. The highest BCUT2D eigenvalue weighted by Crippen LogP contribution is 2.42. The number of carbonyl (C=O) groups is 1. The maximum atomic E-state index is 13.1. The van der Waals surface area contributed by atoms with E-state index >= 15 is 0 Å². The van der Waals surface area contributed by atoms with Crippen LogP contribution >= 0.6 is 0 Å². The summed E-state index contributed by atoms with van der Waals surface area (Å²) in [4.78, 5) is 16.2. The van der Waals surface area contributed by atoms with Gasteiger partial charge in [0.1, 0.15) is 18.0 Å². The normalized spacial score (nSPS) is 21.1. The van der Waals surface area contributed by atoms with Crippen LogP contribution in [0, 0.1) is 0 Å². The maximum absolute atomic E-state index is 13.1. The van der Waals surface area contributed by atoms with Crippen molar-refractivity contribution in [2.24, 2.45) is 7.05 Å². The molecule has 0 spiro atoms. The Kier molecular flexibility index (Phi) is 2.81. The Bertz CT molecular complexity index is 1010. The van der Waals surface area contributed by atoms with Crippen molar-refractivity contribution < 1.29 is 20.2 Å². The molecule has 0 amide bonds. The van der Waals surface area contributed by atoms with Gasteiger partial charge in [0.2, 0.25) is 5.78 Å². The van der Waals surface area contributed by atoms with Gasteiger partial charge in [0.25, 0.3) is 0 Å². The number of aryl methyl sites for hydroxylation is 1. The van der Waals surface area contributed by atoms with Crippen molar-refractivity contribution in [3.63, 3.8) is 0 Å². The van der Waals surface area contributed by atoms with Crippen LogP contribution in [0.5, 0.6) is 5.75 Å². The number of aromatic amines is 1. The third-order valence-electron chi connectivity index (χ3n) is 5.41. The Morgan fingerprint density at radius 2 is 2.00 bits per heavy atom. The molecule has 2 aromatic heterocycles. The molecular weight excluding hydrogens is 318 g/mol. The molecule has 0 radical (unpaired) electrons.